The van der Waals surface area contributed by atoms with Crippen LogP contribution in [0.25, 0.3) is 0 Å². The van der Waals surface area contributed by atoms with Crippen LogP contribution in [0.15, 0.2) is 0 Å². The van der Waals surface area contributed by atoms with Crippen LogP contribution >= 0.6 is 0 Å². The second-order valence-corrected chi connectivity index (χ2v) is 2.93. The predicted octanol–water partition coefficient (Wildman–Crippen LogP) is 1.74. The Morgan fingerprint density at radius 1 is 1.00 bits per heavy atom. The molecule has 2 N–H and O–H groups in total. The number of hydrogen-bond acceptors (Lipinski definition) is 1. The van der Waals surface area contributed by atoms with Crippen molar-refractivity contribution < 1.29 is 4.79 Å². The number of hydrogen-bond donors (Lipinski definition) is 2. The van der Waals surface area contributed by atoms with Gasteiger partial charge in [0.25, 0.3) is 0 Å². The Morgan fingerprint density at radius 3 is 1.45 bits per heavy atom. The van der Waals surface area contributed by atoms with Gasteiger partial charge in [-0.25, -0.2) is 4.79 Å². The van der Waals surface area contributed by atoms with Crippen molar-refractivity contribution in [1.82, 2.24) is 10.6 Å². The maximum absolute atomic E-state index is 10.8. The molecule has 11 heavy (non-hydrogen) atoms. The van der Waals surface area contributed by atoms with Crippen molar-refractivity contribution in [1.29, 1.82) is 0 Å². The van der Waals surface area contributed by atoms with E-state index >= 15 is 0 Å². The monoisotopic (exact) mass is 160 g/mol. The molecule has 3 heteroatoms. The van der Waals surface area contributed by atoms with Crippen molar-refractivity contribution in [2.75, 3.05) is 0 Å². The average Bonchev–Trinajstić information content (AvgIpc) is 1.58. The van der Waals surface area contributed by atoms with Crippen molar-refractivity contribution in [3.63, 3.8) is 0 Å². The molecule has 0 spiro atoms. The summed E-state index contributed by atoms with van der Waals surface area (Å²) in [6, 6.07) is 0.322. The van der Waals surface area contributed by atoms with Crippen molar-refractivity contribution in [2.45, 2.75) is 47.2 Å². The highest BCUT2D eigenvalue weighted by molar-refractivity contribution is 5.74. The van der Waals surface area contributed by atoms with Crippen molar-refractivity contribution in [3.8, 4) is 0 Å². The van der Waals surface area contributed by atoms with Gasteiger partial charge in [-0.15, -0.1) is 0 Å². The molecule has 0 saturated heterocycles. The zero-order chi connectivity index (χ0) is 8.15. The van der Waals surface area contributed by atoms with Gasteiger partial charge in [-0.2, -0.15) is 0 Å². The van der Waals surface area contributed by atoms with Crippen molar-refractivity contribution >= 4 is 6.03 Å². The summed E-state index contributed by atoms with van der Waals surface area (Å²) in [6.45, 7) is 7.72. The normalized spacial score (nSPS) is 9.27. The fourth-order valence-electron chi connectivity index (χ4n) is 0.566. The average molecular weight is 160 g/mol. The van der Waals surface area contributed by atoms with E-state index in [2.05, 4.69) is 10.6 Å². The van der Waals surface area contributed by atoms with Crippen LogP contribution in [0, 0.1) is 0 Å². The molecule has 0 unspecified atom stereocenters. The smallest absolute Gasteiger partial charge is 0.315 e. The number of carbonyl (C=O) groups excluding carboxylic acids is 1. The molecule has 0 aliphatic rings. The van der Waals surface area contributed by atoms with Gasteiger partial charge in [0, 0.05) is 12.1 Å². The Morgan fingerprint density at radius 2 is 1.27 bits per heavy atom. The standard InChI is InChI=1S/C7H16N2O.CH4/c1-5(2)8-7(10)9-6(3)4;/h5-6H,1-4H3,(H2,8,9,10);1H4. The fraction of sp³-hybridized carbons (Fsp3) is 0.875. The molecule has 0 fully saturated rings. The minimum atomic E-state index is -0.0926. The maximum Gasteiger partial charge on any atom is 0.315 e. The molecule has 68 valence electrons. The second-order valence-electron chi connectivity index (χ2n) is 2.93. The first-order valence-electron chi connectivity index (χ1n) is 3.59. The van der Waals surface area contributed by atoms with Gasteiger partial charge in [-0.05, 0) is 27.7 Å². The Balaban J connectivity index is 0. The third kappa shape index (κ3) is 9.27. The summed E-state index contributed by atoms with van der Waals surface area (Å²) in [7, 11) is 0. The van der Waals surface area contributed by atoms with Gasteiger partial charge < -0.3 is 10.6 Å². The molecule has 0 aromatic heterocycles. The van der Waals surface area contributed by atoms with Gasteiger partial charge in [0.2, 0.25) is 0 Å². The Labute approximate surface area is 69.6 Å². The topological polar surface area (TPSA) is 41.1 Å². The SMILES string of the molecule is C.CC(C)NC(=O)NC(C)C. The molecule has 0 aliphatic carbocycles. The Kier molecular flexibility index (Phi) is 7.05. The second kappa shape index (κ2) is 6.01. The molecule has 0 rings (SSSR count). The van der Waals surface area contributed by atoms with E-state index in [0.29, 0.717) is 0 Å². The summed E-state index contributed by atoms with van der Waals surface area (Å²) >= 11 is 0. The number of urea groups is 1. The van der Waals surface area contributed by atoms with E-state index in [0.717, 1.165) is 0 Å². The molecule has 0 aromatic rings. The predicted molar refractivity (Wildman–Crippen MR) is 48.7 cm³/mol. The first-order chi connectivity index (χ1) is 4.52. The molecular weight excluding hydrogens is 140 g/mol. The van der Waals surface area contributed by atoms with E-state index in [4.69, 9.17) is 0 Å². The number of amides is 2. The third-order valence-electron chi connectivity index (χ3n) is 0.840. The molecule has 0 aromatic carbocycles. The minimum absolute atomic E-state index is 0. The van der Waals surface area contributed by atoms with Gasteiger partial charge in [0.05, 0.1) is 0 Å². The highest BCUT2D eigenvalue weighted by atomic mass is 16.2. The highest BCUT2D eigenvalue weighted by Gasteiger charge is 2.02. The fourth-order valence-corrected chi connectivity index (χ4v) is 0.566. The number of carbonyl (C=O) groups is 1. The molecule has 3 nitrogen and oxygen atoms in total. The van der Waals surface area contributed by atoms with Crippen LogP contribution in [-0.4, -0.2) is 18.1 Å². The first-order valence-corrected chi connectivity index (χ1v) is 3.59. The van der Waals surface area contributed by atoms with E-state index in [1.54, 1.807) is 0 Å². The van der Waals surface area contributed by atoms with Crippen molar-refractivity contribution in [3.05, 3.63) is 0 Å². The van der Waals surface area contributed by atoms with Gasteiger partial charge in [-0.1, -0.05) is 7.43 Å². The summed E-state index contributed by atoms with van der Waals surface area (Å²) in [5.41, 5.74) is 0. The molecule has 0 aliphatic heterocycles. The van der Waals surface area contributed by atoms with E-state index in [1.807, 2.05) is 27.7 Å². The lowest BCUT2D eigenvalue weighted by atomic mass is 10.4. The molecule has 0 bridgehead atoms. The Hall–Kier alpha value is -0.730. The Bertz CT molecular complexity index is 98.7. The maximum atomic E-state index is 10.8. The van der Waals surface area contributed by atoms with Crippen LogP contribution in [0.5, 0.6) is 0 Å². The molecular formula is C8H20N2O. The molecule has 0 saturated carbocycles. The molecule has 0 atom stereocenters. The summed E-state index contributed by atoms with van der Waals surface area (Å²) in [5.74, 6) is 0. The minimum Gasteiger partial charge on any atom is -0.336 e. The zero-order valence-corrected chi connectivity index (χ0v) is 7.06. The van der Waals surface area contributed by atoms with Crippen LogP contribution in [-0.2, 0) is 0 Å². The van der Waals surface area contributed by atoms with Crippen LogP contribution in [0.1, 0.15) is 35.1 Å². The van der Waals surface area contributed by atoms with Crippen LogP contribution < -0.4 is 10.6 Å². The van der Waals surface area contributed by atoms with Crippen LogP contribution in [0.3, 0.4) is 0 Å². The van der Waals surface area contributed by atoms with E-state index in [1.165, 1.54) is 0 Å². The largest absolute Gasteiger partial charge is 0.336 e. The van der Waals surface area contributed by atoms with Crippen LogP contribution in [0.2, 0.25) is 0 Å². The third-order valence-corrected chi connectivity index (χ3v) is 0.840. The highest BCUT2D eigenvalue weighted by Crippen LogP contribution is 1.79. The summed E-state index contributed by atoms with van der Waals surface area (Å²) < 4.78 is 0. The van der Waals surface area contributed by atoms with Crippen molar-refractivity contribution in [2.24, 2.45) is 0 Å². The van der Waals surface area contributed by atoms with Gasteiger partial charge in [-0.3, -0.25) is 0 Å². The number of nitrogens with one attached hydrogen (secondary N) is 2. The van der Waals surface area contributed by atoms with Gasteiger partial charge >= 0.3 is 6.03 Å². The van der Waals surface area contributed by atoms with Gasteiger partial charge in [0.1, 0.15) is 0 Å². The molecule has 2 amide bonds. The summed E-state index contributed by atoms with van der Waals surface area (Å²) in [5, 5.41) is 5.45. The summed E-state index contributed by atoms with van der Waals surface area (Å²) in [6.07, 6.45) is 0. The van der Waals surface area contributed by atoms with Crippen LogP contribution in [0.4, 0.5) is 4.79 Å². The lowest BCUT2D eigenvalue weighted by Gasteiger charge is -2.11. The summed E-state index contributed by atoms with van der Waals surface area (Å²) in [4.78, 5) is 10.8. The first kappa shape index (κ1) is 12.9. The van der Waals surface area contributed by atoms with E-state index < -0.39 is 0 Å². The molecule has 0 heterocycles. The lowest BCUT2D eigenvalue weighted by molar-refractivity contribution is 0.236. The lowest BCUT2D eigenvalue weighted by Crippen LogP contribution is -2.42. The number of rotatable bonds is 2. The van der Waals surface area contributed by atoms with E-state index in [-0.39, 0.29) is 25.5 Å². The quantitative estimate of drug-likeness (QED) is 0.634. The zero-order valence-electron chi connectivity index (χ0n) is 7.06. The van der Waals surface area contributed by atoms with E-state index in [9.17, 15) is 4.79 Å². The molecule has 0 radical (unpaired) electrons. The van der Waals surface area contributed by atoms with Gasteiger partial charge in [0.15, 0.2) is 0 Å².